The summed E-state index contributed by atoms with van der Waals surface area (Å²) >= 11 is 0. The van der Waals surface area contributed by atoms with E-state index in [4.69, 9.17) is 0 Å². The van der Waals surface area contributed by atoms with Gasteiger partial charge in [-0.15, -0.1) is 0 Å². The second kappa shape index (κ2) is 8.67. The number of nitrogens with one attached hydrogen (secondary N) is 1. The van der Waals surface area contributed by atoms with Gasteiger partial charge in [0.15, 0.2) is 11.6 Å². The molecule has 0 amide bonds. The topological polar surface area (TPSA) is 87.4 Å². The number of rotatable bonds is 5. The third kappa shape index (κ3) is 4.38. The minimum absolute atomic E-state index is 0.131. The highest BCUT2D eigenvalue weighted by Gasteiger charge is 2.13. The number of anilines is 1. The molecule has 0 radical (unpaired) electrons. The molecule has 1 N–H and O–H groups in total. The van der Waals surface area contributed by atoms with Crippen LogP contribution >= 0.6 is 0 Å². The summed E-state index contributed by atoms with van der Waals surface area (Å²) in [5.41, 5.74) is 5.52. The van der Waals surface area contributed by atoms with Gasteiger partial charge in [0.1, 0.15) is 6.07 Å². The normalized spacial score (nSPS) is 10.5. The van der Waals surface area contributed by atoms with Gasteiger partial charge in [-0.05, 0) is 55.3 Å². The number of aryl methyl sites for hydroxylation is 2. The second-order valence-electron chi connectivity index (χ2n) is 7.16. The highest BCUT2D eigenvalue weighted by Crippen LogP contribution is 2.27. The first kappa shape index (κ1) is 20.1. The maximum absolute atomic E-state index is 15.0. The molecule has 0 spiro atoms. The van der Waals surface area contributed by atoms with Gasteiger partial charge in [0.25, 0.3) is 0 Å². The van der Waals surface area contributed by atoms with E-state index in [1.54, 1.807) is 43.1 Å². The van der Waals surface area contributed by atoms with Crippen molar-refractivity contribution in [3.63, 3.8) is 0 Å². The zero-order valence-corrected chi connectivity index (χ0v) is 17.1. The molecule has 0 aliphatic heterocycles. The summed E-state index contributed by atoms with van der Waals surface area (Å²) in [6, 6.07) is 11.1. The average Bonchev–Trinajstić information content (AvgIpc) is 2.78. The van der Waals surface area contributed by atoms with Crippen molar-refractivity contribution in [2.75, 3.05) is 5.32 Å². The number of nitriles is 1. The van der Waals surface area contributed by atoms with Gasteiger partial charge >= 0.3 is 0 Å². The predicted molar refractivity (Wildman–Crippen MR) is 116 cm³/mol. The summed E-state index contributed by atoms with van der Waals surface area (Å²) in [4.78, 5) is 16.9. The highest BCUT2D eigenvalue weighted by molar-refractivity contribution is 5.68. The van der Waals surface area contributed by atoms with E-state index in [0.29, 0.717) is 22.4 Å². The van der Waals surface area contributed by atoms with Crippen LogP contribution in [0.5, 0.6) is 0 Å². The Morgan fingerprint density at radius 3 is 2.58 bits per heavy atom. The van der Waals surface area contributed by atoms with Gasteiger partial charge in [0.05, 0.1) is 11.3 Å². The van der Waals surface area contributed by atoms with Gasteiger partial charge < -0.3 is 5.32 Å². The van der Waals surface area contributed by atoms with Crippen LogP contribution in [0.1, 0.15) is 22.4 Å². The van der Waals surface area contributed by atoms with Crippen LogP contribution in [0.25, 0.3) is 22.4 Å². The Kier molecular flexibility index (Phi) is 5.63. The lowest BCUT2D eigenvalue weighted by Gasteiger charge is -2.11. The molecule has 0 aromatic carbocycles. The van der Waals surface area contributed by atoms with Gasteiger partial charge in [-0.3, -0.25) is 15.0 Å². The van der Waals surface area contributed by atoms with Crippen molar-refractivity contribution in [3.05, 3.63) is 89.5 Å². The number of pyridine rings is 4. The van der Waals surface area contributed by atoms with Crippen LogP contribution in [-0.2, 0) is 6.54 Å². The Morgan fingerprint density at radius 1 is 0.968 bits per heavy atom. The predicted octanol–water partition coefficient (Wildman–Crippen LogP) is 4.84. The van der Waals surface area contributed by atoms with Crippen molar-refractivity contribution in [1.82, 2.24) is 19.9 Å². The van der Waals surface area contributed by atoms with Crippen LogP contribution < -0.4 is 5.32 Å². The van der Waals surface area contributed by atoms with E-state index in [1.165, 1.54) is 0 Å². The number of nitrogens with zero attached hydrogens (tertiary/aromatic N) is 5. The van der Waals surface area contributed by atoms with Crippen LogP contribution in [0.4, 0.5) is 10.2 Å². The van der Waals surface area contributed by atoms with E-state index in [0.717, 1.165) is 22.4 Å². The quantitative estimate of drug-likeness (QED) is 0.507. The van der Waals surface area contributed by atoms with Crippen molar-refractivity contribution in [3.8, 4) is 28.5 Å². The first-order chi connectivity index (χ1) is 15.0. The standard InChI is InChI=1S/C24H19FN6/c1-15-7-20(14-27-11-15)21-4-6-29-24(22(21)25)31-13-17-9-19(10-26)23(30-12-17)18-3-5-28-16(2)8-18/h3-9,11-12,14H,13H2,1-2H3,(H,29,31). The molecule has 0 atom stereocenters. The van der Waals surface area contributed by atoms with E-state index in [1.807, 2.05) is 32.0 Å². The summed E-state index contributed by atoms with van der Waals surface area (Å²) in [7, 11) is 0. The summed E-state index contributed by atoms with van der Waals surface area (Å²) in [5.74, 6) is -0.321. The third-order valence-corrected chi connectivity index (χ3v) is 4.77. The zero-order chi connectivity index (χ0) is 21.8. The molecule has 152 valence electrons. The van der Waals surface area contributed by atoms with E-state index in [9.17, 15) is 5.26 Å². The summed E-state index contributed by atoms with van der Waals surface area (Å²) in [6.45, 7) is 4.07. The molecule has 0 saturated carbocycles. The fourth-order valence-corrected chi connectivity index (χ4v) is 3.29. The minimum atomic E-state index is -0.452. The first-order valence-electron chi connectivity index (χ1n) is 9.67. The molecule has 4 aromatic rings. The van der Waals surface area contributed by atoms with Gasteiger partial charge in [-0.2, -0.15) is 5.26 Å². The molecule has 0 unspecified atom stereocenters. The van der Waals surface area contributed by atoms with Crippen molar-refractivity contribution in [1.29, 1.82) is 5.26 Å². The van der Waals surface area contributed by atoms with Gasteiger partial charge in [-0.25, -0.2) is 9.37 Å². The van der Waals surface area contributed by atoms with Crippen molar-refractivity contribution >= 4 is 5.82 Å². The largest absolute Gasteiger partial charge is 0.363 e. The van der Waals surface area contributed by atoms with Crippen LogP contribution in [0.2, 0.25) is 0 Å². The molecule has 0 aliphatic carbocycles. The molecular weight excluding hydrogens is 391 g/mol. The highest BCUT2D eigenvalue weighted by atomic mass is 19.1. The van der Waals surface area contributed by atoms with Gasteiger partial charge in [0.2, 0.25) is 0 Å². The molecule has 4 heterocycles. The van der Waals surface area contributed by atoms with Crippen molar-refractivity contribution < 1.29 is 4.39 Å². The third-order valence-electron chi connectivity index (χ3n) is 4.77. The molecule has 31 heavy (non-hydrogen) atoms. The van der Waals surface area contributed by atoms with Crippen LogP contribution in [0.15, 0.2) is 61.3 Å². The van der Waals surface area contributed by atoms with Crippen LogP contribution in [0, 0.1) is 31.0 Å². The van der Waals surface area contributed by atoms with Crippen molar-refractivity contribution in [2.24, 2.45) is 0 Å². The molecule has 0 fully saturated rings. The van der Waals surface area contributed by atoms with E-state index in [2.05, 4.69) is 31.3 Å². The molecule has 4 aromatic heterocycles. The number of aromatic nitrogens is 4. The summed E-state index contributed by atoms with van der Waals surface area (Å²) < 4.78 is 15.0. The maximum Gasteiger partial charge on any atom is 0.173 e. The smallest absolute Gasteiger partial charge is 0.173 e. The van der Waals surface area contributed by atoms with Crippen LogP contribution in [0.3, 0.4) is 0 Å². The van der Waals surface area contributed by atoms with E-state index >= 15 is 4.39 Å². The lowest BCUT2D eigenvalue weighted by Crippen LogP contribution is -2.06. The second-order valence-corrected chi connectivity index (χ2v) is 7.16. The summed E-state index contributed by atoms with van der Waals surface area (Å²) in [5, 5.41) is 12.6. The minimum Gasteiger partial charge on any atom is -0.363 e. The number of hydrogen-bond acceptors (Lipinski definition) is 6. The number of hydrogen-bond donors (Lipinski definition) is 1. The Balaban J connectivity index is 1.57. The maximum atomic E-state index is 15.0. The van der Waals surface area contributed by atoms with E-state index < -0.39 is 5.82 Å². The fraction of sp³-hybridized carbons (Fsp3) is 0.125. The lowest BCUT2D eigenvalue weighted by atomic mass is 10.0. The summed E-state index contributed by atoms with van der Waals surface area (Å²) in [6.07, 6.45) is 8.26. The molecule has 0 saturated heterocycles. The van der Waals surface area contributed by atoms with Crippen LogP contribution in [-0.4, -0.2) is 19.9 Å². The zero-order valence-electron chi connectivity index (χ0n) is 17.1. The monoisotopic (exact) mass is 410 g/mol. The Labute approximate surface area is 179 Å². The van der Waals surface area contributed by atoms with Gasteiger partial charge in [-0.1, -0.05) is 0 Å². The SMILES string of the molecule is Cc1cncc(-c2ccnc(NCc3cnc(-c4ccnc(C)c4)c(C#N)c3)c2F)c1. The Hall–Kier alpha value is -4.18. The fourth-order valence-electron chi connectivity index (χ4n) is 3.29. The lowest BCUT2D eigenvalue weighted by molar-refractivity contribution is 0.627. The van der Waals surface area contributed by atoms with Crippen molar-refractivity contribution in [2.45, 2.75) is 20.4 Å². The molecular formula is C24H19FN6. The molecule has 6 nitrogen and oxygen atoms in total. The molecule has 4 rings (SSSR count). The van der Waals surface area contributed by atoms with Gasteiger partial charge in [0, 0.05) is 59.9 Å². The Bertz CT molecular complexity index is 1300. The average molecular weight is 410 g/mol. The molecule has 0 bridgehead atoms. The Morgan fingerprint density at radius 2 is 1.81 bits per heavy atom. The molecule has 0 aliphatic rings. The first-order valence-corrected chi connectivity index (χ1v) is 9.67. The van der Waals surface area contributed by atoms with E-state index in [-0.39, 0.29) is 12.4 Å². The number of halogens is 1. The molecule has 7 heteroatoms.